The van der Waals surface area contributed by atoms with Gasteiger partial charge in [-0.05, 0) is 12.8 Å². The molecule has 0 saturated heterocycles. The molecule has 0 radical (unpaired) electrons. The Morgan fingerprint density at radius 1 is 1.62 bits per heavy atom. The van der Waals surface area contributed by atoms with E-state index in [1.165, 1.54) is 7.11 Å². The molecular formula is C8H13F2NO2. The predicted octanol–water partition coefficient (Wildman–Crippen LogP) is 1.49. The minimum atomic E-state index is -2.69. The van der Waals surface area contributed by atoms with E-state index in [0.29, 0.717) is 12.8 Å². The van der Waals surface area contributed by atoms with Crippen LogP contribution in [0, 0.1) is 5.92 Å². The van der Waals surface area contributed by atoms with Gasteiger partial charge in [0.15, 0.2) is 0 Å². The third kappa shape index (κ3) is 2.91. The molecule has 5 heteroatoms. The van der Waals surface area contributed by atoms with Gasteiger partial charge in [-0.15, -0.1) is 0 Å². The highest BCUT2D eigenvalue weighted by Gasteiger charge is 2.39. The van der Waals surface area contributed by atoms with Crippen LogP contribution in [0.15, 0.2) is 0 Å². The lowest BCUT2D eigenvalue weighted by Gasteiger charge is -2.27. The summed E-state index contributed by atoms with van der Waals surface area (Å²) in [5, 5.41) is 0. The van der Waals surface area contributed by atoms with E-state index in [0.717, 1.165) is 0 Å². The molecule has 0 heterocycles. The monoisotopic (exact) mass is 193 g/mol. The first-order chi connectivity index (χ1) is 6.05. The minimum Gasteiger partial charge on any atom is -0.277 e. The summed E-state index contributed by atoms with van der Waals surface area (Å²) < 4.78 is 25.7. The molecule has 1 aliphatic rings. The van der Waals surface area contributed by atoms with E-state index in [-0.39, 0.29) is 12.8 Å². The highest BCUT2D eigenvalue weighted by molar-refractivity contribution is 5.77. The van der Waals surface area contributed by atoms with Crippen molar-refractivity contribution >= 4 is 5.91 Å². The molecule has 0 aromatic rings. The van der Waals surface area contributed by atoms with Crippen LogP contribution in [-0.4, -0.2) is 18.9 Å². The Balaban J connectivity index is 2.47. The number of hydroxylamine groups is 1. The van der Waals surface area contributed by atoms with Crippen LogP contribution in [0.25, 0.3) is 0 Å². The third-order valence-corrected chi connectivity index (χ3v) is 2.21. The Morgan fingerprint density at radius 3 is 2.85 bits per heavy atom. The molecule has 0 bridgehead atoms. The molecule has 1 fully saturated rings. The van der Waals surface area contributed by atoms with E-state index in [9.17, 15) is 13.6 Å². The Morgan fingerprint density at radius 2 is 2.31 bits per heavy atom. The van der Waals surface area contributed by atoms with Gasteiger partial charge in [-0.2, -0.15) is 0 Å². The molecule has 1 saturated carbocycles. The normalized spacial score (nSPS) is 26.8. The molecule has 1 aliphatic carbocycles. The zero-order valence-electron chi connectivity index (χ0n) is 7.48. The zero-order valence-corrected chi connectivity index (χ0v) is 7.48. The van der Waals surface area contributed by atoms with Crippen molar-refractivity contribution in [3.8, 4) is 0 Å². The van der Waals surface area contributed by atoms with Gasteiger partial charge in [0.2, 0.25) is 11.8 Å². The van der Waals surface area contributed by atoms with Crippen molar-refractivity contribution in [1.29, 1.82) is 0 Å². The van der Waals surface area contributed by atoms with Crippen molar-refractivity contribution < 1.29 is 18.4 Å². The number of rotatable bonds is 2. The van der Waals surface area contributed by atoms with Gasteiger partial charge >= 0.3 is 0 Å². The van der Waals surface area contributed by atoms with Crippen LogP contribution in [0.2, 0.25) is 0 Å². The van der Waals surface area contributed by atoms with Crippen LogP contribution in [0.3, 0.4) is 0 Å². The molecule has 1 unspecified atom stereocenters. The quantitative estimate of drug-likeness (QED) is 0.675. The topological polar surface area (TPSA) is 38.3 Å². The van der Waals surface area contributed by atoms with Crippen LogP contribution in [0.4, 0.5) is 8.78 Å². The molecule has 13 heavy (non-hydrogen) atoms. The van der Waals surface area contributed by atoms with Gasteiger partial charge in [0.25, 0.3) is 0 Å². The zero-order chi connectivity index (χ0) is 9.90. The number of carbonyl (C=O) groups excluding carboxylic acids is 1. The lowest BCUT2D eigenvalue weighted by molar-refractivity contribution is -0.142. The number of halogens is 2. The molecular weight excluding hydrogens is 180 g/mol. The average molecular weight is 193 g/mol. The lowest BCUT2D eigenvalue weighted by atomic mass is 9.86. The average Bonchev–Trinajstić information content (AvgIpc) is 2.03. The molecule has 1 rings (SSSR count). The second kappa shape index (κ2) is 4.00. The van der Waals surface area contributed by atoms with Crippen molar-refractivity contribution in [1.82, 2.24) is 5.48 Å². The highest BCUT2D eigenvalue weighted by atomic mass is 19.3. The Kier molecular flexibility index (Phi) is 3.19. The second-order valence-corrected chi connectivity index (χ2v) is 3.32. The van der Waals surface area contributed by atoms with Crippen LogP contribution >= 0.6 is 0 Å². The predicted molar refractivity (Wildman–Crippen MR) is 42.1 cm³/mol. The summed E-state index contributed by atoms with van der Waals surface area (Å²) in [4.78, 5) is 15.5. The Hall–Kier alpha value is -0.710. The van der Waals surface area contributed by atoms with Gasteiger partial charge in [-0.3, -0.25) is 9.63 Å². The van der Waals surface area contributed by atoms with Gasteiger partial charge in [-0.1, -0.05) is 0 Å². The van der Waals surface area contributed by atoms with E-state index in [1.54, 1.807) is 0 Å². The molecule has 1 amide bonds. The molecule has 0 aromatic carbocycles. The molecule has 3 nitrogen and oxygen atoms in total. The summed E-state index contributed by atoms with van der Waals surface area (Å²) in [6.07, 6.45) is 0.450. The Labute approximate surface area is 75.4 Å². The first-order valence-corrected chi connectivity index (χ1v) is 4.26. The molecule has 1 N–H and O–H groups in total. The Bertz CT molecular complexity index is 197. The van der Waals surface area contributed by atoms with Crippen molar-refractivity contribution in [2.45, 2.75) is 31.6 Å². The fraction of sp³-hybridized carbons (Fsp3) is 0.875. The summed E-state index contributed by atoms with van der Waals surface area (Å²) in [5.74, 6) is -3.74. The minimum absolute atomic E-state index is 0.107. The molecule has 76 valence electrons. The first kappa shape index (κ1) is 10.4. The number of carbonyl (C=O) groups is 1. The maximum Gasteiger partial charge on any atom is 0.248 e. The highest BCUT2D eigenvalue weighted by Crippen LogP contribution is 2.36. The SMILES string of the molecule is CONC(=O)C1CCCC(F)(F)C1. The summed E-state index contributed by atoms with van der Waals surface area (Å²) >= 11 is 0. The van der Waals surface area contributed by atoms with Gasteiger partial charge in [0, 0.05) is 18.8 Å². The number of alkyl halides is 2. The fourth-order valence-electron chi connectivity index (χ4n) is 1.58. The van der Waals surface area contributed by atoms with Crippen molar-refractivity contribution in [3.05, 3.63) is 0 Å². The van der Waals surface area contributed by atoms with E-state index in [1.807, 2.05) is 0 Å². The van der Waals surface area contributed by atoms with Crippen LogP contribution < -0.4 is 5.48 Å². The molecule has 0 spiro atoms. The second-order valence-electron chi connectivity index (χ2n) is 3.32. The first-order valence-electron chi connectivity index (χ1n) is 4.26. The number of nitrogens with one attached hydrogen (secondary N) is 1. The van der Waals surface area contributed by atoms with Gasteiger partial charge in [0.1, 0.15) is 0 Å². The van der Waals surface area contributed by atoms with Crippen LogP contribution in [0.5, 0.6) is 0 Å². The largest absolute Gasteiger partial charge is 0.277 e. The van der Waals surface area contributed by atoms with E-state index in [4.69, 9.17) is 0 Å². The molecule has 1 atom stereocenters. The number of amides is 1. The number of hydrogen-bond acceptors (Lipinski definition) is 2. The third-order valence-electron chi connectivity index (χ3n) is 2.21. The summed E-state index contributed by atoms with van der Waals surface area (Å²) in [6.45, 7) is 0. The molecule has 0 aliphatic heterocycles. The van der Waals surface area contributed by atoms with Gasteiger partial charge in [-0.25, -0.2) is 14.3 Å². The lowest BCUT2D eigenvalue weighted by Crippen LogP contribution is -2.36. The fourth-order valence-corrected chi connectivity index (χ4v) is 1.58. The van der Waals surface area contributed by atoms with Crippen LogP contribution in [0.1, 0.15) is 25.7 Å². The van der Waals surface area contributed by atoms with E-state index in [2.05, 4.69) is 10.3 Å². The standard InChI is InChI=1S/C8H13F2NO2/c1-13-11-7(12)6-3-2-4-8(9,10)5-6/h6H,2-5H2,1H3,(H,11,12). The number of hydrogen-bond donors (Lipinski definition) is 1. The summed E-state index contributed by atoms with van der Waals surface area (Å²) in [5.41, 5.74) is 2.08. The van der Waals surface area contributed by atoms with Crippen molar-refractivity contribution in [3.63, 3.8) is 0 Å². The summed E-state index contributed by atoms with van der Waals surface area (Å²) in [7, 11) is 1.29. The smallest absolute Gasteiger partial charge is 0.248 e. The van der Waals surface area contributed by atoms with Gasteiger partial charge in [0.05, 0.1) is 7.11 Å². The van der Waals surface area contributed by atoms with E-state index < -0.39 is 17.7 Å². The maximum atomic E-state index is 12.8. The molecule has 0 aromatic heterocycles. The van der Waals surface area contributed by atoms with E-state index >= 15 is 0 Å². The summed E-state index contributed by atoms with van der Waals surface area (Å²) in [6, 6.07) is 0. The van der Waals surface area contributed by atoms with Gasteiger partial charge < -0.3 is 0 Å². The van der Waals surface area contributed by atoms with Crippen LogP contribution in [-0.2, 0) is 9.63 Å². The van der Waals surface area contributed by atoms with Crippen molar-refractivity contribution in [2.24, 2.45) is 5.92 Å². The van der Waals surface area contributed by atoms with Crippen molar-refractivity contribution in [2.75, 3.05) is 7.11 Å². The maximum absolute atomic E-state index is 12.8.